The van der Waals surface area contributed by atoms with Gasteiger partial charge >= 0.3 is 0 Å². The Balaban J connectivity index is -0.0000000133. The van der Waals surface area contributed by atoms with Gasteiger partial charge in [0.15, 0.2) is 0 Å². The molecule has 0 spiro atoms. The van der Waals surface area contributed by atoms with Crippen LogP contribution in [0.3, 0.4) is 0 Å². The fourth-order valence-corrected chi connectivity index (χ4v) is 0. The molecule has 0 aliphatic heterocycles. The highest BCUT2D eigenvalue weighted by Crippen LogP contribution is 0.690. The summed E-state index contributed by atoms with van der Waals surface area (Å²) in [4.78, 5) is 0. The van der Waals surface area contributed by atoms with Crippen LogP contribution in [0.4, 0.5) is 0 Å². The summed E-state index contributed by atoms with van der Waals surface area (Å²) < 4.78 is 0. The molecular weight excluding hydrogens is 87.5 g/mol. The molecule has 0 aromatic heterocycles. The van der Waals surface area contributed by atoms with E-state index in [4.69, 9.17) is 23.7 Å². The van der Waals surface area contributed by atoms with Gasteiger partial charge in [0.2, 0.25) is 0 Å². The molecule has 0 aromatic carbocycles. The van der Waals surface area contributed by atoms with Crippen molar-refractivity contribution in [2.75, 3.05) is 0 Å². The minimum atomic E-state index is 0. The van der Waals surface area contributed by atoms with E-state index in [0.29, 0.717) is 0 Å². The second-order valence-electron chi connectivity index (χ2n) is 0. The zero-order valence-electron chi connectivity index (χ0n) is 2.30. The molecule has 0 saturated heterocycles. The Morgan fingerprint density at radius 2 is 0.800 bits per heavy atom. The maximum atomic E-state index is 6.25. The molecule has 0 amide bonds. The van der Waals surface area contributed by atoms with Gasteiger partial charge in [-0.05, 0) is 0 Å². The molecule has 28 valence electrons. The molecule has 3 heteroatoms. The first-order valence-electron chi connectivity index (χ1n) is 0.447. The monoisotopic (exact) mass is 88.0 g/mol. The van der Waals surface area contributed by atoms with Crippen molar-refractivity contribution >= 4 is 12.4 Å². The third-order valence-electron chi connectivity index (χ3n) is 0. The maximum absolute atomic E-state index is 6.25. The fraction of sp³-hybridized carbons (Fsp3) is 0. The van der Waals surface area contributed by atoms with Crippen molar-refractivity contribution in [1.29, 1.82) is 10.5 Å². The molecule has 0 aliphatic carbocycles. The van der Waals surface area contributed by atoms with Crippen molar-refractivity contribution in [2.24, 2.45) is 0 Å². The van der Waals surface area contributed by atoms with Crippen LogP contribution in [0, 0.1) is 23.7 Å². The van der Waals surface area contributed by atoms with Crippen LogP contribution < -0.4 is 0 Å². The largest absolute Gasteiger partial charge is 0.512 e. The van der Waals surface area contributed by atoms with Crippen molar-refractivity contribution in [2.45, 2.75) is 0 Å². The van der Waals surface area contributed by atoms with Crippen molar-refractivity contribution < 1.29 is 0 Å². The highest BCUT2D eigenvalue weighted by molar-refractivity contribution is 5.85. The standard InChI is InChI=1S/2CN.ClH/c2*1-2;/h;;1H/q2*-1;. The third-order valence-corrected chi connectivity index (χ3v) is 0. The second kappa shape index (κ2) is 31.6. The Bertz CT molecular complexity index is 23.1. The van der Waals surface area contributed by atoms with E-state index >= 15 is 0 Å². The van der Waals surface area contributed by atoms with Crippen LogP contribution in [0.5, 0.6) is 0 Å². The minimum absolute atomic E-state index is 0. The van der Waals surface area contributed by atoms with E-state index in [2.05, 4.69) is 0 Å². The lowest BCUT2D eigenvalue weighted by molar-refractivity contribution is 1.53. The van der Waals surface area contributed by atoms with Crippen LogP contribution in [-0.4, -0.2) is 0 Å². The Morgan fingerprint density at radius 1 is 0.800 bits per heavy atom. The zero-order chi connectivity index (χ0) is 4.00. The molecule has 0 saturated carbocycles. The normalized spacial score (nSPS) is 0.800. The first-order valence-corrected chi connectivity index (χ1v) is 0.447. The second-order valence-corrected chi connectivity index (χ2v) is 0. The topological polar surface area (TPSA) is 47.6 Å². The van der Waals surface area contributed by atoms with Gasteiger partial charge in [-0.3, -0.25) is 0 Å². The summed E-state index contributed by atoms with van der Waals surface area (Å²) in [6, 6.07) is 0. The lowest BCUT2D eigenvalue weighted by Crippen LogP contribution is -0.530. The average Bonchev–Trinajstić information content (AvgIpc) is 1.50. The summed E-state index contributed by atoms with van der Waals surface area (Å²) in [6.07, 6.45) is 0. The van der Waals surface area contributed by atoms with Gasteiger partial charge in [0.25, 0.3) is 0 Å². The molecule has 0 aromatic rings. The van der Waals surface area contributed by atoms with Gasteiger partial charge in [0.1, 0.15) is 0 Å². The van der Waals surface area contributed by atoms with E-state index in [1.54, 1.807) is 0 Å². The summed E-state index contributed by atoms with van der Waals surface area (Å²) in [5.41, 5.74) is 0. The quantitative estimate of drug-likeness (QED) is 0.408. The average molecular weight is 88.5 g/mol. The Morgan fingerprint density at radius 3 is 0.800 bits per heavy atom. The molecular formula is C2HClN2-2. The number of hydrogen-bond acceptors (Lipinski definition) is 2. The van der Waals surface area contributed by atoms with Gasteiger partial charge < -0.3 is 23.7 Å². The summed E-state index contributed by atoms with van der Waals surface area (Å²) in [5, 5.41) is 12.5. The lowest BCUT2D eigenvalue weighted by atomic mass is 11.9. The molecule has 0 unspecified atom stereocenters. The van der Waals surface area contributed by atoms with Crippen LogP contribution in [0.1, 0.15) is 0 Å². The van der Waals surface area contributed by atoms with Crippen molar-refractivity contribution in [3.05, 3.63) is 13.1 Å². The van der Waals surface area contributed by atoms with Gasteiger partial charge in [0.05, 0.1) is 0 Å². The summed E-state index contributed by atoms with van der Waals surface area (Å²) in [6.45, 7) is 9.50. The zero-order valence-corrected chi connectivity index (χ0v) is 3.12. The van der Waals surface area contributed by atoms with E-state index < -0.39 is 0 Å². The maximum Gasteiger partial charge on any atom is -0.147 e. The number of rotatable bonds is 0. The first-order chi connectivity index (χ1) is 2.00. The molecule has 0 rings (SSSR count). The summed E-state index contributed by atoms with van der Waals surface area (Å²) in [5.74, 6) is 0. The molecule has 2 nitrogen and oxygen atoms in total. The van der Waals surface area contributed by atoms with Gasteiger partial charge in [-0.1, -0.05) is 0 Å². The molecule has 0 fully saturated rings. The molecule has 0 atom stereocenters. The lowest BCUT2D eigenvalue weighted by Gasteiger charge is -1.08. The molecule has 0 N–H and O–H groups in total. The Kier molecular flexibility index (Phi) is 179. The SMILES string of the molecule is Cl.[C-]#N.[C-]#N. The van der Waals surface area contributed by atoms with Crippen LogP contribution in [0.2, 0.25) is 0 Å². The highest BCUT2D eigenvalue weighted by Gasteiger charge is 0.0795. The van der Waals surface area contributed by atoms with Crippen LogP contribution in [0.25, 0.3) is 0 Å². The van der Waals surface area contributed by atoms with Gasteiger partial charge in [-0.2, -0.15) is 0 Å². The van der Waals surface area contributed by atoms with E-state index in [1.807, 2.05) is 0 Å². The van der Waals surface area contributed by atoms with E-state index in [1.165, 1.54) is 0 Å². The predicted octanol–water partition coefficient (Wildman–Crippen LogP) is 0.615. The van der Waals surface area contributed by atoms with Gasteiger partial charge in [0, 0.05) is 0 Å². The molecule has 5 heavy (non-hydrogen) atoms. The fourth-order valence-electron chi connectivity index (χ4n) is 0. The van der Waals surface area contributed by atoms with E-state index in [-0.39, 0.29) is 12.4 Å². The van der Waals surface area contributed by atoms with Crippen LogP contribution in [0.15, 0.2) is 0 Å². The van der Waals surface area contributed by atoms with Crippen LogP contribution in [-0.2, 0) is 0 Å². The summed E-state index contributed by atoms with van der Waals surface area (Å²) >= 11 is 0. The van der Waals surface area contributed by atoms with Crippen molar-refractivity contribution in [3.63, 3.8) is 0 Å². The van der Waals surface area contributed by atoms with Gasteiger partial charge in [-0.25, -0.2) is 0 Å². The van der Waals surface area contributed by atoms with E-state index in [9.17, 15) is 0 Å². The predicted molar refractivity (Wildman–Crippen MR) is 17.2 cm³/mol. The molecule has 0 bridgehead atoms. The minimum Gasteiger partial charge on any atom is -0.512 e. The number of nitrogens with zero attached hydrogens (tertiary/aromatic N) is 2. The highest BCUT2D eigenvalue weighted by atomic mass is 35.5. The van der Waals surface area contributed by atoms with Crippen molar-refractivity contribution in [3.8, 4) is 0 Å². The first kappa shape index (κ1) is 28.3. The molecule has 0 radical (unpaired) electrons. The van der Waals surface area contributed by atoms with Crippen LogP contribution >= 0.6 is 12.4 Å². The third kappa shape index (κ3) is 9.90. The molecule has 0 heterocycles. The smallest absolute Gasteiger partial charge is 0.147 e. The van der Waals surface area contributed by atoms with E-state index in [0.717, 1.165) is 0 Å². The Hall–Kier alpha value is -0.730. The Labute approximate surface area is 37.0 Å². The van der Waals surface area contributed by atoms with Crippen molar-refractivity contribution in [1.82, 2.24) is 0 Å². The number of halogens is 1. The van der Waals surface area contributed by atoms with Gasteiger partial charge in [-0.15, -0.1) is 12.4 Å². The molecule has 0 aliphatic rings. The number of hydrogen-bond donors (Lipinski definition) is 0. The summed E-state index contributed by atoms with van der Waals surface area (Å²) in [7, 11) is 0.